The molecule has 6 heteroatoms. The zero-order chi connectivity index (χ0) is 15.2. The van der Waals surface area contributed by atoms with Gasteiger partial charge in [-0.2, -0.15) is 13.2 Å². The van der Waals surface area contributed by atoms with Gasteiger partial charge in [-0.1, -0.05) is 12.2 Å². The summed E-state index contributed by atoms with van der Waals surface area (Å²) in [6.45, 7) is 0. The Hall–Kier alpha value is -1.30. The second kappa shape index (κ2) is 5.16. The fourth-order valence-electron chi connectivity index (χ4n) is 2.81. The van der Waals surface area contributed by atoms with Crippen LogP contribution in [0, 0.1) is 11.8 Å². The Morgan fingerprint density at radius 3 is 2.19 bits per heavy atom. The van der Waals surface area contributed by atoms with Crippen LogP contribution < -0.4 is 11.1 Å². The molecule has 0 bridgehead atoms. The number of hydrogen-bond acceptors (Lipinski definition) is 2. The van der Waals surface area contributed by atoms with Crippen molar-refractivity contribution in [2.45, 2.75) is 37.9 Å². The summed E-state index contributed by atoms with van der Waals surface area (Å²) >= 11 is 4.71. The van der Waals surface area contributed by atoms with E-state index in [1.807, 2.05) is 0 Å². The lowest BCUT2D eigenvalue weighted by Crippen LogP contribution is -2.25. The average Bonchev–Trinajstić information content (AvgIpc) is 3.27. The number of nitrogens with two attached hydrogens (primary N) is 1. The van der Waals surface area contributed by atoms with Gasteiger partial charge in [0, 0.05) is 17.3 Å². The molecule has 0 saturated heterocycles. The largest absolute Gasteiger partial charge is 0.417 e. The normalized spacial score (nSPS) is 18.9. The molecule has 0 spiro atoms. The maximum absolute atomic E-state index is 13.1. The predicted octanol–water partition coefficient (Wildman–Crippen LogP) is 3.94. The lowest BCUT2D eigenvalue weighted by atomic mass is 10.0. The summed E-state index contributed by atoms with van der Waals surface area (Å²) in [7, 11) is 0. The molecule has 0 aliphatic heterocycles. The van der Waals surface area contributed by atoms with Crippen LogP contribution in [0.2, 0.25) is 0 Å². The van der Waals surface area contributed by atoms with Crippen molar-refractivity contribution < 1.29 is 13.2 Å². The highest BCUT2D eigenvalue weighted by Crippen LogP contribution is 2.46. The molecule has 114 valence electrons. The third-order valence-electron chi connectivity index (χ3n) is 4.18. The molecule has 1 aromatic rings. The first-order chi connectivity index (χ1) is 9.86. The molecule has 2 aliphatic carbocycles. The van der Waals surface area contributed by atoms with Crippen molar-refractivity contribution in [3.8, 4) is 0 Å². The van der Waals surface area contributed by atoms with E-state index in [2.05, 4.69) is 5.32 Å². The molecule has 0 amide bonds. The predicted molar refractivity (Wildman–Crippen MR) is 80.2 cm³/mol. The number of nitrogens with one attached hydrogen (secondary N) is 1. The number of hydrogen-bond donors (Lipinski definition) is 2. The van der Waals surface area contributed by atoms with Crippen LogP contribution in [-0.4, -0.2) is 11.0 Å². The van der Waals surface area contributed by atoms with E-state index in [9.17, 15) is 13.2 Å². The van der Waals surface area contributed by atoms with Gasteiger partial charge >= 0.3 is 6.18 Å². The summed E-state index contributed by atoms with van der Waals surface area (Å²) in [6.07, 6.45) is 0.234. The number of halogens is 3. The van der Waals surface area contributed by atoms with Crippen LogP contribution in [0.4, 0.5) is 18.9 Å². The number of anilines is 1. The molecular formula is C15H17F3N2S. The molecule has 2 nitrogen and oxygen atoms in total. The summed E-state index contributed by atoms with van der Waals surface area (Å²) in [6, 6.07) is 4.44. The Labute approximate surface area is 126 Å². The summed E-state index contributed by atoms with van der Waals surface area (Å²) in [5.41, 5.74) is 5.02. The molecule has 2 saturated carbocycles. The molecule has 2 fully saturated rings. The second-order valence-electron chi connectivity index (χ2n) is 5.97. The highest BCUT2D eigenvalue weighted by molar-refractivity contribution is 7.80. The van der Waals surface area contributed by atoms with Gasteiger partial charge in [0.15, 0.2) is 0 Å². The van der Waals surface area contributed by atoms with Crippen molar-refractivity contribution in [1.29, 1.82) is 0 Å². The van der Waals surface area contributed by atoms with Crippen LogP contribution in [0.5, 0.6) is 0 Å². The Balaban J connectivity index is 1.87. The topological polar surface area (TPSA) is 38.0 Å². The minimum atomic E-state index is -4.45. The fraction of sp³-hybridized carbons (Fsp3) is 0.533. The summed E-state index contributed by atoms with van der Waals surface area (Å²) in [4.78, 5) is -0.227. The summed E-state index contributed by atoms with van der Waals surface area (Å²) in [5.74, 6) is 1.23. The number of rotatable bonds is 5. The summed E-state index contributed by atoms with van der Waals surface area (Å²) in [5, 5.41) is 3.30. The number of benzene rings is 1. The lowest BCUT2D eigenvalue weighted by Gasteiger charge is -2.21. The smallest absolute Gasteiger partial charge is 0.389 e. The number of alkyl halides is 3. The molecule has 2 aliphatic rings. The molecule has 3 N–H and O–H groups in total. The van der Waals surface area contributed by atoms with Crippen LogP contribution in [0.15, 0.2) is 18.2 Å². The van der Waals surface area contributed by atoms with E-state index in [-0.39, 0.29) is 10.6 Å². The van der Waals surface area contributed by atoms with E-state index >= 15 is 0 Å². The molecule has 3 rings (SSSR count). The minimum Gasteiger partial charge on any atom is -0.389 e. The van der Waals surface area contributed by atoms with E-state index in [1.165, 1.54) is 31.7 Å². The van der Waals surface area contributed by atoms with E-state index in [0.717, 1.165) is 6.07 Å². The van der Waals surface area contributed by atoms with Crippen molar-refractivity contribution in [2.24, 2.45) is 17.6 Å². The standard InChI is InChI=1S/C15H17F3N2S/c16-15(17,18)12-7-10(5-6-11(12)14(19)21)20-13(8-1-2-8)9-3-4-9/h5-9,13,20H,1-4H2,(H2,19,21). The van der Waals surface area contributed by atoms with Crippen molar-refractivity contribution in [3.05, 3.63) is 29.3 Å². The zero-order valence-corrected chi connectivity index (χ0v) is 12.2. The maximum Gasteiger partial charge on any atom is 0.417 e. The minimum absolute atomic E-state index is 0.113. The molecule has 0 atom stereocenters. The molecule has 0 unspecified atom stereocenters. The van der Waals surface area contributed by atoms with Crippen molar-refractivity contribution in [2.75, 3.05) is 5.32 Å². The molecule has 0 radical (unpaired) electrons. The lowest BCUT2D eigenvalue weighted by molar-refractivity contribution is -0.137. The molecule has 1 aromatic carbocycles. The average molecular weight is 314 g/mol. The monoisotopic (exact) mass is 314 g/mol. The van der Waals surface area contributed by atoms with Gasteiger partial charge in [0.25, 0.3) is 0 Å². The van der Waals surface area contributed by atoms with Crippen molar-refractivity contribution >= 4 is 22.9 Å². The second-order valence-corrected chi connectivity index (χ2v) is 6.41. The van der Waals surface area contributed by atoms with Gasteiger partial charge in [0.05, 0.1) is 5.56 Å². The Morgan fingerprint density at radius 1 is 1.19 bits per heavy atom. The van der Waals surface area contributed by atoms with E-state index in [0.29, 0.717) is 23.6 Å². The van der Waals surface area contributed by atoms with Gasteiger partial charge in [0.2, 0.25) is 0 Å². The van der Waals surface area contributed by atoms with Gasteiger partial charge in [-0.15, -0.1) is 0 Å². The molecule has 0 aromatic heterocycles. The van der Waals surface area contributed by atoms with Gasteiger partial charge in [0.1, 0.15) is 4.99 Å². The maximum atomic E-state index is 13.1. The van der Waals surface area contributed by atoms with Gasteiger partial charge in [-0.3, -0.25) is 0 Å². The zero-order valence-electron chi connectivity index (χ0n) is 11.4. The summed E-state index contributed by atoms with van der Waals surface area (Å²) < 4.78 is 39.4. The van der Waals surface area contributed by atoms with Crippen LogP contribution in [0.3, 0.4) is 0 Å². The Morgan fingerprint density at radius 2 is 1.76 bits per heavy atom. The van der Waals surface area contributed by atoms with Gasteiger partial charge in [-0.05, 0) is 55.7 Å². The SMILES string of the molecule is NC(=S)c1ccc(NC(C2CC2)C2CC2)cc1C(F)(F)F. The van der Waals surface area contributed by atoms with Crippen LogP contribution >= 0.6 is 12.2 Å². The van der Waals surface area contributed by atoms with E-state index < -0.39 is 11.7 Å². The van der Waals surface area contributed by atoms with Crippen LogP contribution in [-0.2, 0) is 6.18 Å². The van der Waals surface area contributed by atoms with Crippen LogP contribution in [0.1, 0.15) is 36.8 Å². The first-order valence-electron chi connectivity index (χ1n) is 7.14. The fourth-order valence-corrected chi connectivity index (χ4v) is 2.99. The quantitative estimate of drug-likeness (QED) is 0.809. The first-order valence-corrected chi connectivity index (χ1v) is 7.54. The molecule has 21 heavy (non-hydrogen) atoms. The van der Waals surface area contributed by atoms with Crippen LogP contribution in [0.25, 0.3) is 0 Å². The van der Waals surface area contributed by atoms with Crippen molar-refractivity contribution in [3.63, 3.8) is 0 Å². The molecule has 0 heterocycles. The van der Waals surface area contributed by atoms with Gasteiger partial charge < -0.3 is 11.1 Å². The number of thiocarbonyl (C=S) groups is 1. The van der Waals surface area contributed by atoms with Crippen molar-refractivity contribution in [1.82, 2.24) is 0 Å². The highest BCUT2D eigenvalue weighted by Gasteiger charge is 2.42. The first kappa shape index (κ1) is 14.6. The third kappa shape index (κ3) is 3.31. The van der Waals surface area contributed by atoms with E-state index in [1.54, 1.807) is 6.07 Å². The highest BCUT2D eigenvalue weighted by atomic mass is 32.1. The van der Waals surface area contributed by atoms with E-state index in [4.69, 9.17) is 18.0 Å². The Kier molecular flexibility index (Phi) is 3.59. The van der Waals surface area contributed by atoms with Gasteiger partial charge in [-0.25, -0.2) is 0 Å². The molecular weight excluding hydrogens is 297 g/mol. The Bertz CT molecular complexity index is 551. The third-order valence-corrected chi connectivity index (χ3v) is 4.40.